The third kappa shape index (κ3) is 5.50. The van der Waals surface area contributed by atoms with Crippen molar-refractivity contribution in [2.75, 3.05) is 13.7 Å². The Labute approximate surface area is 100 Å². The van der Waals surface area contributed by atoms with Crippen molar-refractivity contribution in [1.29, 1.82) is 0 Å². The molecule has 98 valence electrons. The van der Waals surface area contributed by atoms with E-state index < -0.39 is 0 Å². The topological polar surface area (TPSA) is 46.5 Å². The van der Waals surface area contributed by atoms with Crippen molar-refractivity contribution in [3.05, 3.63) is 0 Å². The lowest BCUT2D eigenvalue weighted by Gasteiger charge is -2.23. The van der Waals surface area contributed by atoms with E-state index >= 15 is 0 Å². The summed E-state index contributed by atoms with van der Waals surface area (Å²) in [6, 6.07) is 0. The molecule has 1 aliphatic rings. The first-order chi connectivity index (χ1) is 6.77. The lowest BCUT2D eigenvalue weighted by Crippen LogP contribution is -2.23. The number of ether oxygens (including phenoxy) is 1. The Hall–Kier alpha value is -0.570. The summed E-state index contributed by atoms with van der Waals surface area (Å²) in [4.78, 5) is 11.4. The molecule has 1 N–H and O–H groups in total. The number of methoxy groups -OCH3 is 1. The molecule has 1 rings (SSSR count). The van der Waals surface area contributed by atoms with E-state index in [2.05, 4.69) is 0 Å². The third-order valence-corrected chi connectivity index (χ3v) is 3.08. The number of hydrogen-bond acceptors (Lipinski definition) is 3. The summed E-state index contributed by atoms with van der Waals surface area (Å²) in [5, 5.41) is 9.13. The van der Waals surface area contributed by atoms with Crippen molar-refractivity contribution >= 4 is 5.97 Å². The average Bonchev–Trinajstić information content (AvgIpc) is 2.17. The normalized spacial score (nSPS) is 25.4. The third-order valence-electron chi connectivity index (χ3n) is 3.08. The van der Waals surface area contributed by atoms with Crippen LogP contribution in [0.1, 0.15) is 53.4 Å². The van der Waals surface area contributed by atoms with Gasteiger partial charge in [-0.15, -0.1) is 0 Å². The molecule has 2 atom stereocenters. The van der Waals surface area contributed by atoms with Gasteiger partial charge in [0.25, 0.3) is 0 Å². The summed E-state index contributed by atoms with van der Waals surface area (Å²) in [6.45, 7) is 0.202. The van der Waals surface area contributed by atoms with Gasteiger partial charge in [-0.3, -0.25) is 4.79 Å². The predicted molar refractivity (Wildman–Crippen MR) is 67.2 cm³/mol. The largest absolute Gasteiger partial charge is 0.469 e. The van der Waals surface area contributed by atoms with E-state index in [1.165, 1.54) is 20.0 Å². The van der Waals surface area contributed by atoms with E-state index in [4.69, 9.17) is 9.84 Å². The number of carbonyl (C=O) groups excluding carboxylic acids is 1. The smallest absolute Gasteiger partial charge is 0.308 e. The van der Waals surface area contributed by atoms with Crippen molar-refractivity contribution in [2.24, 2.45) is 11.8 Å². The molecule has 0 amide bonds. The summed E-state index contributed by atoms with van der Waals surface area (Å²) in [5.41, 5.74) is 0. The Morgan fingerprint density at radius 1 is 1.25 bits per heavy atom. The summed E-state index contributed by atoms with van der Waals surface area (Å²) in [5.74, 6) is 0.196. The van der Waals surface area contributed by atoms with Gasteiger partial charge in [-0.05, 0) is 25.2 Å². The number of aliphatic hydroxyl groups is 1. The molecule has 0 aromatic carbocycles. The summed E-state index contributed by atoms with van der Waals surface area (Å²) < 4.78 is 4.76. The minimum atomic E-state index is -0.106. The molecule has 0 aromatic heterocycles. The number of carbonyl (C=O) groups is 1. The second kappa shape index (κ2) is 9.64. The molecule has 0 radical (unpaired) electrons. The van der Waals surface area contributed by atoms with E-state index in [9.17, 15) is 4.79 Å². The van der Waals surface area contributed by atoms with E-state index in [-0.39, 0.29) is 33.3 Å². The van der Waals surface area contributed by atoms with Gasteiger partial charge in [0.05, 0.1) is 13.0 Å². The zero-order valence-electron chi connectivity index (χ0n) is 8.87. The molecule has 0 aliphatic heterocycles. The molecule has 0 saturated heterocycles. The fraction of sp³-hybridized carbons (Fsp3) is 0.923. The first-order valence-corrected chi connectivity index (χ1v) is 5.46. The quantitative estimate of drug-likeness (QED) is 0.744. The zero-order valence-corrected chi connectivity index (χ0v) is 8.87. The molecular formula is C13H28O3. The molecule has 0 bridgehead atoms. The minimum absolute atomic E-state index is 0. The molecule has 0 heterocycles. The predicted octanol–water partition coefficient (Wildman–Crippen LogP) is 3.01. The van der Waals surface area contributed by atoms with Crippen LogP contribution in [0.25, 0.3) is 0 Å². The van der Waals surface area contributed by atoms with Crippen molar-refractivity contribution in [3.63, 3.8) is 0 Å². The van der Waals surface area contributed by atoms with Crippen LogP contribution in [0, 0.1) is 11.8 Å². The maximum atomic E-state index is 11.4. The second-order valence-corrected chi connectivity index (χ2v) is 4.14. The van der Waals surface area contributed by atoms with E-state index in [0.717, 1.165) is 25.7 Å². The molecule has 0 aromatic rings. The highest BCUT2D eigenvalue weighted by molar-refractivity contribution is 5.72. The van der Waals surface area contributed by atoms with Crippen LogP contribution < -0.4 is 0 Å². The van der Waals surface area contributed by atoms with E-state index in [1.54, 1.807) is 0 Å². The highest BCUT2D eigenvalue weighted by Gasteiger charge is 2.24. The number of esters is 1. The van der Waals surface area contributed by atoms with Crippen LogP contribution in [0.4, 0.5) is 0 Å². The fourth-order valence-corrected chi connectivity index (χ4v) is 2.19. The zero-order chi connectivity index (χ0) is 10.4. The molecule has 1 fully saturated rings. The Balaban J connectivity index is 0. The summed E-state index contributed by atoms with van der Waals surface area (Å²) in [6.07, 6.45) is 6.22. The average molecular weight is 232 g/mol. The standard InChI is InChI=1S/C11H20O3.2CH4/c1-14-11(13)10-6-4-2-3-5-9(7-10)8-12;;/h9-10,12H,2-8H2,1H3;2*1H4. The van der Waals surface area contributed by atoms with Crippen LogP contribution in [-0.4, -0.2) is 24.8 Å². The molecule has 1 saturated carbocycles. The first-order valence-electron chi connectivity index (χ1n) is 5.46. The Morgan fingerprint density at radius 3 is 2.44 bits per heavy atom. The van der Waals surface area contributed by atoms with Gasteiger partial charge in [0.15, 0.2) is 0 Å². The second-order valence-electron chi connectivity index (χ2n) is 4.14. The molecule has 2 unspecified atom stereocenters. The lowest BCUT2D eigenvalue weighted by molar-refractivity contribution is -0.146. The molecule has 3 heteroatoms. The van der Waals surface area contributed by atoms with Gasteiger partial charge < -0.3 is 9.84 Å². The van der Waals surface area contributed by atoms with E-state index in [1.807, 2.05) is 0 Å². The van der Waals surface area contributed by atoms with Gasteiger partial charge in [-0.1, -0.05) is 34.1 Å². The van der Waals surface area contributed by atoms with Crippen molar-refractivity contribution in [3.8, 4) is 0 Å². The van der Waals surface area contributed by atoms with Crippen LogP contribution in [0.5, 0.6) is 0 Å². The van der Waals surface area contributed by atoms with Crippen LogP contribution in [-0.2, 0) is 9.53 Å². The number of aliphatic hydroxyl groups excluding tert-OH is 1. The lowest BCUT2D eigenvalue weighted by atomic mass is 9.84. The molecule has 16 heavy (non-hydrogen) atoms. The fourth-order valence-electron chi connectivity index (χ4n) is 2.19. The monoisotopic (exact) mass is 232 g/mol. The van der Waals surface area contributed by atoms with Gasteiger partial charge in [0.2, 0.25) is 0 Å². The van der Waals surface area contributed by atoms with Gasteiger partial charge in [-0.25, -0.2) is 0 Å². The SMILES string of the molecule is C.C.COC(=O)C1CCCCCC(CO)C1. The van der Waals surface area contributed by atoms with Crippen molar-refractivity contribution in [1.82, 2.24) is 0 Å². The maximum Gasteiger partial charge on any atom is 0.308 e. The van der Waals surface area contributed by atoms with E-state index in [0.29, 0.717) is 5.92 Å². The minimum Gasteiger partial charge on any atom is -0.469 e. The summed E-state index contributed by atoms with van der Waals surface area (Å²) >= 11 is 0. The van der Waals surface area contributed by atoms with Crippen LogP contribution in [0.15, 0.2) is 0 Å². The Bertz CT molecular complexity index is 180. The maximum absolute atomic E-state index is 11.4. The van der Waals surface area contributed by atoms with Crippen molar-refractivity contribution in [2.45, 2.75) is 53.4 Å². The van der Waals surface area contributed by atoms with Crippen molar-refractivity contribution < 1.29 is 14.6 Å². The first kappa shape index (κ1) is 17.8. The molecular weight excluding hydrogens is 204 g/mol. The van der Waals surface area contributed by atoms with Gasteiger partial charge in [0.1, 0.15) is 0 Å². The van der Waals surface area contributed by atoms with Crippen LogP contribution in [0.2, 0.25) is 0 Å². The van der Waals surface area contributed by atoms with Gasteiger partial charge in [-0.2, -0.15) is 0 Å². The Kier molecular flexibility index (Phi) is 10.7. The summed E-state index contributed by atoms with van der Waals surface area (Å²) in [7, 11) is 1.44. The highest BCUT2D eigenvalue weighted by atomic mass is 16.5. The van der Waals surface area contributed by atoms with Gasteiger partial charge >= 0.3 is 5.97 Å². The number of rotatable bonds is 2. The van der Waals surface area contributed by atoms with Crippen LogP contribution >= 0.6 is 0 Å². The number of hydrogen-bond donors (Lipinski definition) is 1. The van der Waals surface area contributed by atoms with Crippen LogP contribution in [0.3, 0.4) is 0 Å². The Morgan fingerprint density at radius 2 is 1.88 bits per heavy atom. The molecule has 0 spiro atoms. The highest BCUT2D eigenvalue weighted by Crippen LogP contribution is 2.27. The molecule has 3 nitrogen and oxygen atoms in total. The molecule has 1 aliphatic carbocycles. The van der Waals surface area contributed by atoms with Gasteiger partial charge in [0, 0.05) is 6.61 Å².